The number of halogens is 3. The minimum Gasteiger partial charge on any atom is -0.350 e. The predicted molar refractivity (Wildman–Crippen MR) is 137 cm³/mol. The molecule has 0 radical (unpaired) electrons. The SMILES string of the molecule is C[C@@](CCN1Cc2cc(C#CC#CC3CN(CC(F)(F)F)C3)cn2C1=O)(C(=O)NOC1CCCCO1)S(C)(=O)=O. The zero-order valence-electron chi connectivity index (χ0n) is 22.2. The largest absolute Gasteiger partial charge is 0.401 e. The molecule has 0 spiro atoms. The maximum atomic E-state index is 12.9. The third-order valence-corrected chi connectivity index (χ3v) is 9.24. The van der Waals surface area contributed by atoms with E-state index in [9.17, 15) is 31.2 Å². The fraction of sp³-hybridized carbons (Fsp3) is 0.615. The molecule has 3 aliphatic rings. The van der Waals surface area contributed by atoms with Crippen molar-refractivity contribution in [1.82, 2.24) is 19.8 Å². The Bertz CT molecular complexity index is 1360. The number of alkyl halides is 3. The molecule has 0 saturated carbocycles. The molecular weight excluding hydrogens is 553 g/mol. The van der Waals surface area contributed by atoms with E-state index in [1.807, 2.05) is 0 Å². The summed E-state index contributed by atoms with van der Waals surface area (Å²) in [6, 6.07) is 1.33. The molecule has 3 aliphatic heterocycles. The van der Waals surface area contributed by atoms with Crippen LogP contribution >= 0.6 is 0 Å². The summed E-state index contributed by atoms with van der Waals surface area (Å²) in [5.41, 5.74) is 3.42. The van der Waals surface area contributed by atoms with Gasteiger partial charge in [-0.3, -0.25) is 14.3 Å². The van der Waals surface area contributed by atoms with Gasteiger partial charge in [0.1, 0.15) is 0 Å². The number of rotatable bonds is 8. The highest BCUT2D eigenvalue weighted by atomic mass is 32.2. The number of carbonyl (C=O) groups is 2. The van der Waals surface area contributed by atoms with Gasteiger partial charge < -0.3 is 9.64 Å². The number of hydrogen-bond acceptors (Lipinski definition) is 7. The average Bonchev–Trinajstić information content (AvgIpc) is 3.39. The van der Waals surface area contributed by atoms with E-state index in [4.69, 9.17) is 9.57 Å². The van der Waals surface area contributed by atoms with Gasteiger partial charge in [-0.2, -0.15) is 13.2 Å². The molecule has 1 aromatic rings. The van der Waals surface area contributed by atoms with Gasteiger partial charge in [-0.1, -0.05) is 11.8 Å². The first kappa shape index (κ1) is 29.9. The Labute approximate surface area is 231 Å². The minimum atomic E-state index is -4.22. The Morgan fingerprint density at radius 1 is 1.25 bits per heavy atom. The first-order valence-electron chi connectivity index (χ1n) is 12.8. The summed E-state index contributed by atoms with van der Waals surface area (Å²) in [5.74, 6) is 10.0. The number of fused-ring (bicyclic) bond motifs is 1. The summed E-state index contributed by atoms with van der Waals surface area (Å²) >= 11 is 0. The minimum absolute atomic E-state index is 0.0106. The van der Waals surface area contributed by atoms with Crippen LogP contribution in [0.1, 0.15) is 43.9 Å². The lowest BCUT2D eigenvalue weighted by molar-refractivity contribution is -0.201. The fourth-order valence-electron chi connectivity index (χ4n) is 4.60. The van der Waals surface area contributed by atoms with Gasteiger partial charge in [0, 0.05) is 62.3 Å². The number of hydroxylamine groups is 1. The molecule has 2 fully saturated rings. The monoisotopic (exact) mass is 584 g/mol. The van der Waals surface area contributed by atoms with Crippen molar-refractivity contribution in [2.45, 2.75) is 56.4 Å². The van der Waals surface area contributed by atoms with E-state index in [0.29, 0.717) is 24.3 Å². The van der Waals surface area contributed by atoms with Crippen molar-refractivity contribution in [3.05, 3.63) is 23.5 Å². The zero-order chi connectivity index (χ0) is 29.1. The van der Waals surface area contributed by atoms with Crippen molar-refractivity contribution in [3.8, 4) is 23.7 Å². The van der Waals surface area contributed by atoms with Crippen LogP contribution in [-0.4, -0.2) is 91.0 Å². The molecule has 40 heavy (non-hydrogen) atoms. The van der Waals surface area contributed by atoms with Crippen molar-refractivity contribution in [1.29, 1.82) is 0 Å². The molecule has 10 nitrogen and oxygen atoms in total. The quantitative estimate of drug-likeness (QED) is 0.367. The van der Waals surface area contributed by atoms with Crippen LogP contribution in [0, 0.1) is 29.6 Å². The smallest absolute Gasteiger partial charge is 0.350 e. The van der Waals surface area contributed by atoms with Gasteiger partial charge in [-0.25, -0.2) is 23.5 Å². The summed E-state index contributed by atoms with van der Waals surface area (Å²) in [6.45, 7) is 1.57. The summed E-state index contributed by atoms with van der Waals surface area (Å²) in [5, 5.41) is 0. The highest BCUT2D eigenvalue weighted by Gasteiger charge is 2.45. The lowest BCUT2D eigenvalue weighted by Crippen LogP contribution is -2.52. The molecular formula is C26H31F3N4O6S. The predicted octanol–water partition coefficient (Wildman–Crippen LogP) is 1.89. The molecule has 1 unspecified atom stereocenters. The molecule has 218 valence electrons. The summed E-state index contributed by atoms with van der Waals surface area (Å²) < 4.78 is 67.2. The molecule has 4 heterocycles. The third-order valence-electron chi connectivity index (χ3n) is 7.21. The molecule has 1 aromatic heterocycles. The molecule has 0 bridgehead atoms. The molecule has 2 amide bonds. The topological polar surface area (TPSA) is 110 Å². The van der Waals surface area contributed by atoms with Gasteiger partial charge >= 0.3 is 12.2 Å². The maximum absolute atomic E-state index is 12.9. The Morgan fingerprint density at radius 3 is 2.62 bits per heavy atom. The second-order valence-electron chi connectivity index (χ2n) is 10.4. The Morgan fingerprint density at radius 2 is 2.00 bits per heavy atom. The van der Waals surface area contributed by atoms with Crippen molar-refractivity contribution < 1.29 is 40.8 Å². The molecule has 1 N–H and O–H groups in total. The zero-order valence-corrected chi connectivity index (χ0v) is 23.0. The van der Waals surface area contributed by atoms with Gasteiger partial charge in [0.25, 0.3) is 5.91 Å². The van der Waals surface area contributed by atoms with Crippen molar-refractivity contribution in [2.24, 2.45) is 5.92 Å². The molecule has 4 rings (SSSR count). The molecule has 2 atom stereocenters. The number of aromatic nitrogens is 1. The number of hydrogen-bond donors (Lipinski definition) is 1. The number of likely N-dealkylation sites (tertiary alicyclic amines) is 1. The summed E-state index contributed by atoms with van der Waals surface area (Å²) in [4.78, 5) is 33.8. The Hall–Kier alpha value is -3.04. The fourth-order valence-corrected chi connectivity index (χ4v) is 5.44. The molecule has 0 aromatic carbocycles. The van der Waals surface area contributed by atoms with Gasteiger partial charge in [0.2, 0.25) is 0 Å². The van der Waals surface area contributed by atoms with E-state index in [1.54, 1.807) is 12.3 Å². The average molecular weight is 585 g/mol. The van der Waals surface area contributed by atoms with Gasteiger partial charge in [0.05, 0.1) is 13.1 Å². The molecule has 14 heteroatoms. The van der Waals surface area contributed by atoms with Crippen LogP contribution in [0.15, 0.2) is 12.3 Å². The second kappa shape index (κ2) is 11.8. The molecule has 2 saturated heterocycles. The number of nitrogens with zero attached hydrogens (tertiary/aromatic N) is 3. The van der Waals surface area contributed by atoms with E-state index in [-0.39, 0.29) is 44.5 Å². The van der Waals surface area contributed by atoms with E-state index in [1.165, 1.54) is 21.3 Å². The summed E-state index contributed by atoms with van der Waals surface area (Å²) in [7, 11) is -3.88. The lowest BCUT2D eigenvalue weighted by Gasteiger charge is -2.36. The van der Waals surface area contributed by atoms with Crippen LogP contribution < -0.4 is 5.48 Å². The number of carbonyl (C=O) groups excluding carboxylic acids is 2. The van der Waals surface area contributed by atoms with Crippen LogP contribution in [0.2, 0.25) is 0 Å². The van der Waals surface area contributed by atoms with Crippen LogP contribution in [0.25, 0.3) is 0 Å². The van der Waals surface area contributed by atoms with E-state index in [2.05, 4.69) is 29.2 Å². The second-order valence-corrected chi connectivity index (χ2v) is 12.9. The summed E-state index contributed by atoms with van der Waals surface area (Å²) in [6.07, 6.45) is -0.148. The van der Waals surface area contributed by atoms with E-state index in [0.717, 1.165) is 19.1 Å². The van der Waals surface area contributed by atoms with Gasteiger partial charge in [0.15, 0.2) is 20.9 Å². The van der Waals surface area contributed by atoms with Crippen LogP contribution in [0.3, 0.4) is 0 Å². The Balaban J connectivity index is 1.29. The van der Waals surface area contributed by atoms with Gasteiger partial charge in [-0.15, -0.1) is 0 Å². The number of nitrogens with one attached hydrogen (secondary N) is 1. The van der Waals surface area contributed by atoms with Crippen LogP contribution in [0.4, 0.5) is 18.0 Å². The van der Waals surface area contributed by atoms with Crippen molar-refractivity contribution in [2.75, 3.05) is 39.0 Å². The maximum Gasteiger partial charge on any atom is 0.401 e. The van der Waals surface area contributed by atoms with E-state index < -0.39 is 39.5 Å². The molecule has 0 aliphatic carbocycles. The lowest BCUT2D eigenvalue weighted by atomic mass is 10.0. The van der Waals surface area contributed by atoms with E-state index >= 15 is 0 Å². The number of sulfone groups is 1. The highest BCUT2D eigenvalue weighted by Crippen LogP contribution is 2.26. The van der Waals surface area contributed by atoms with Crippen LogP contribution in [0.5, 0.6) is 0 Å². The van der Waals surface area contributed by atoms with Crippen molar-refractivity contribution in [3.63, 3.8) is 0 Å². The Kier molecular flexibility index (Phi) is 8.85. The number of ether oxygens (including phenoxy) is 1. The standard InChI is InChI=1S/C26H31F3N4O6S/c1-25(40(2,36)37,23(34)30-39-22-9-5-6-12-38-22)10-11-32-17-21-13-19(16-33(21)24(32)35)7-3-4-8-20-14-31(15-20)18-26(27,28)29/h13,16,20,22H,5-6,9-12,14-15,17-18H2,1-2H3,(H,30,34)/t22?,25-/m1/s1. The first-order chi connectivity index (χ1) is 18.7. The van der Waals surface area contributed by atoms with Gasteiger partial charge in [-0.05, 0) is 44.1 Å². The van der Waals surface area contributed by atoms with Crippen molar-refractivity contribution >= 4 is 21.8 Å². The first-order valence-corrected chi connectivity index (χ1v) is 14.7. The third kappa shape index (κ3) is 7.18. The highest BCUT2D eigenvalue weighted by molar-refractivity contribution is 7.92. The normalized spacial score (nSPS) is 21.4. The number of amides is 2. The van der Waals surface area contributed by atoms with Crippen LogP contribution in [-0.2, 0) is 30.8 Å².